The van der Waals surface area contributed by atoms with E-state index in [2.05, 4.69) is 24.1 Å². The molecule has 0 unspecified atom stereocenters. The molecule has 0 fully saturated rings. The van der Waals surface area contributed by atoms with Crippen LogP contribution >= 0.6 is 0 Å². The van der Waals surface area contributed by atoms with Crippen LogP contribution < -0.4 is 5.32 Å². The first-order valence-corrected chi connectivity index (χ1v) is 6.55. The van der Waals surface area contributed by atoms with Gasteiger partial charge in [-0.15, -0.1) is 0 Å². The molecule has 19 heavy (non-hydrogen) atoms. The van der Waals surface area contributed by atoms with E-state index in [0.29, 0.717) is 18.2 Å². The molecule has 0 saturated carbocycles. The van der Waals surface area contributed by atoms with Crippen LogP contribution in [0.2, 0.25) is 0 Å². The van der Waals surface area contributed by atoms with Crippen molar-refractivity contribution in [3.05, 3.63) is 35.3 Å². The van der Waals surface area contributed by atoms with Gasteiger partial charge in [-0.2, -0.15) is 0 Å². The Bertz CT molecular complexity index is 601. The number of rotatable bonds is 4. The highest BCUT2D eigenvalue weighted by Gasteiger charge is 2.14. The van der Waals surface area contributed by atoms with E-state index in [0.717, 1.165) is 22.9 Å². The number of aromatic amines is 1. The molecule has 102 valence electrons. The molecule has 0 aliphatic carbocycles. The SMILES string of the molecule is Cc1c(C(=O)NCCC(C)C)[nH]c2ccc(F)cc12. The molecular formula is C15H19FN2O. The lowest BCUT2D eigenvalue weighted by atomic mass is 10.1. The van der Waals surface area contributed by atoms with Gasteiger partial charge in [-0.25, -0.2) is 4.39 Å². The number of hydrogen-bond acceptors (Lipinski definition) is 1. The van der Waals surface area contributed by atoms with E-state index in [9.17, 15) is 9.18 Å². The van der Waals surface area contributed by atoms with Gasteiger partial charge in [0, 0.05) is 17.4 Å². The molecule has 1 heterocycles. The molecule has 1 amide bonds. The summed E-state index contributed by atoms with van der Waals surface area (Å²) in [6, 6.07) is 4.49. The van der Waals surface area contributed by atoms with Gasteiger partial charge in [-0.3, -0.25) is 4.79 Å². The van der Waals surface area contributed by atoms with Crippen molar-refractivity contribution in [3.63, 3.8) is 0 Å². The fourth-order valence-electron chi connectivity index (χ4n) is 2.09. The summed E-state index contributed by atoms with van der Waals surface area (Å²) in [7, 11) is 0. The normalized spacial score (nSPS) is 11.2. The summed E-state index contributed by atoms with van der Waals surface area (Å²) in [5.74, 6) is 0.134. The van der Waals surface area contributed by atoms with Crippen molar-refractivity contribution in [1.82, 2.24) is 10.3 Å². The number of carbonyl (C=O) groups excluding carboxylic acids is 1. The highest BCUT2D eigenvalue weighted by atomic mass is 19.1. The maximum Gasteiger partial charge on any atom is 0.268 e. The Hall–Kier alpha value is -1.84. The topological polar surface area (TPSA) is 44.9 Å². The van der Waals surface area contributed by atoms with Crippen molar-refractivity contribution in [2.24, 2.45) is 5.92 Å². The number of hydrogen-bond donors (Lipinski definition) is 2. The summed E-state index contributed by atoms with van der Waals surface area (Å²) >= 11 is 0. The number of benzene rings is 1. The molecule has 2 N–H and O–H groups in total. The minimum atomic E-state index is -0.290. The number of halogens is 1. The molecule has 0 aliphatic heterocycles. The monoisotopic (exact) mass is 262 g/mol. The van der Waals surface area contributed by atoms with Gasteiger partial charge in [-0.1, -0.05) is 13.8 Å². The van der Waals surface area contributed by atoms with Crippen LogP contribution in [0.15, 0.2) is 18.2 Å². The molecular weight excluding hydrogens is 243 g/mol. The highest BCUT2D eigenvalue weighted by Crippen LogP contribution is 2.22. The lowest BCUT2D eigenvalue weighted by molar-refractivity contribution is 0.0947. The van der Waals surface area contributed by atoms with Crippen molar-refractivity contribution in [3.8, 4) is 0 Å². The standard InChI is InChI=1S/C15H19FN2O/c1-9(2)6-7-17-15(19)14-10(3)12-8-11(16)4-5-13(12)18-14/h4-5,8-9,18H,6-7H2,1-3H3,(H,17,19). The highest BCUT2D eigenvalue weighted by molar-refractivity contribution is 6.00. The minimum Gasteiger partial charge on any atom is -0.351 e. The Morgan fingerprint density at radius 1 is 1.42 bits per heavy atom. The lowest BCUT2D eigenvalue weighted by Gasteiger charge is -2.06. The molecule has 4 heteroatoms. The van der Waals surface area contributed by atoms with E-state index >= 15 is 0 Å². The molecule has 1 aromatic heterocycles. The maximum atomic E-state index is 13.2. The fourth-order valence-corrected chi connectivity index (χ4v) is 2.09. The Morgan fingerprint density at radius 2 is 2.16 bits per heavy atom. The van der Waals surface area contributed by atoms with E-state index in [1.807, 2.05) is 6.92 Å². The second kappa shape index (κ2) is 5.43. The van der Waals surface area contributed by atoms with E-state index in [-0.39, 0.29) is 11.7 Å². The average molecular weight is 262 g/mol. The molecule has 0 aliphatic rings. The number of aryl methyl sites for hydroxylation is 1. The zero-order valence-corrected chi connectivity index (χ0v) is 11.5. The molecule has 0 bridgehead atoms. The van der Waals surface area contributed by atoms with E-state index in [1.54, 1.807) is 6.07 Å². The first-order valence-electron chi connectivity index (χ1n) is 6.55. The Morgan fingerprint density at radius 3 is 2.84 bits per heavy atom. The second-order valence-corrected chi connectivity index (χ2v) is 5.25. The zero-order valence-electron chi connectivity index (χ0n) is 11.5. The summed E-state index contributed by atoms with van der Waals surface area (Å²) in [5, 5.41) is 3.64. The molecule has 0 atom stereocenters. The van der Waals surface area contributed by atoms with Crippen molar-refractivity contribution >= 4 is 16.8 Å². The van der Waals surface area contributed by atoms with Crippen LogP contribution in [0.25, 0.3) is 10.9 Å². The third-order valence-corrected chi connectivity index (χ3v) is 3.25. The fraction of sp³-hybridized carbons (Fsp3) is 0.400. The van der Waals surface area contributed by atoms with Gasteiger partial charge in [-0.05, 0) is 43.0 Å². The van der Waals surface area contributed by atoms with Crippen molar-refractivity contribution in [1.29, 1.82) is 0 Å². The van der Waals surface area contributed by atoms with E-state index < -0.39 is 0 Å². The van der Waals surface area contributed by atoms with Crippen LogP contribution in [0.5, 0.6) is 0 Å². The predicted molar refractivity (Wildman–Crippen MR) is 74.8 cm³/mol. The summed E-state index contributed by atoms with van der Waals surface area (Å²) in [6.07, 6.45) is 0.944. The largest absolute Gasteiger partial charge is 0.351 e. The Kier molecular flexibility index (Phi) is 3.88. The van der Waals surface area contributed by atoms with Crippen LogP contribution in [0.4, 0.5) is 4.39 Å². The predicted octanol–water partition coefficient (Wildman–Crippen LogP) is 3.39. The molecule has 0 spiro atoms. The number of fused-ring (bicyclic) bond motifs is 1. The average Bonchev–Trinajstić information content (AvgIpc) is 2.66. The third-order valence-electron chi connectivity index (χ3n) is 3.25. The van der Waals surface area contributed by atoms with Crippen molar-refractivity contribution in [2.75, 3.05) is 6.54 Å². The number of amides is 1. The van der Waals surface area contributed by atoms with Gasteiger partial charge in [0.25, 0.3) is 5.91 Å². The van der Waals surface area contributed by atoms with Gasteiger partial charge >= 0.3 is 0 Å². The van der Waals surface area contributed by atoms with Gasteiger partial charge in [0.1, 0.15) is 11.5 Å². The van der Waals surface area contributed by atoms with E-state index in [4.69, 9.17) is 0 Å². The summed E-state index contributed by atoms with van der Waals surface area (Å²) in [5.41, 5.74) is 2.09. The molecule has 3 nitrogen and oxygen atoms in total. The molecule has 2 rings (SSSR count). The Labute approximate surface area is 112 Å². The lowest BCUT2D eigenvalue weighted by Crippen LogP contribution is -2.26. The molecule has 0 saturated heterocycles. The maximum absolute atomic E-state index is 13.2. The molecule has 2 aromatic rings. The smallest absolute Gasteiger partial charge is 0.268 e. The minimum absolute atomic E-state index is 0.130. The number of aromatic nitrogens is 1. The number of carbonyl (C=O) groups is 1. The van der Waals surface area contributed by atoms with Gasteiger partial charge in [0.2, 0.25) is 0 Å². The van der Waals surface area contributed by atoms with Gasteiger partial charge < -0.3 is 10.3 Å². The van der Waals surface area contributed by atoms with Gasteiger partial charge in [0.05, 0.1) is 0 Å². The molecule has 0 radical (unpaired) electrons. The number of H-pyrrole nitrogens is 1. The summed E-state index contributed by atoms with van der Waals surface area (Å²) in [6.45, 7) is 6.71. The van der Waals surface area contributed by atoms with Crippen LogP contribution in [-0.4, -0.2) is 17.4 Å². The zero-order chi connectivity index (χ0) is 14.0. The Balaban J connectivity index is 2.20. The number of nitrogens with one attached hydrogen (secondary N) is 2. The third kappa shape index (κ3) is 2.95. The van der Waals surface area contributed by atoms with Crippen molar-refractivity contribution in [2.45, 2.75) is 27.2 Å². The van der Waals surface area contributed by atoms with Crippen LogP contribution in [-0.2, 0) is 0 Å². The van der Waals surface area contributed by atoms with Crippen LogP contribution in [0.1, 0.15) is 36.3 Å². The first kappa shape index (κ1) is 13.6. The first-order chi connectivity index (χ1) is 8.99. The van der Waals surface area contributed by atoms with Gasteiger partial charge in [0.15, 0.2) is 0 Å². The van der Waals surface area contributed by atoms with Crippen LogP contribution in [0.3, 0.4) is 0 Å². The molecule has 1 aromatic carbocycles. The van der Waals surface area contributed by atoms with Crippen LogP contribution in [0, 0.1) is 18.7 Å². The summed E-state index contributed by atoms with van der Waals surface area (Å²) < 4.78 is 13.2. The quantitative estimate of drug-likeness (QED) is 0.871. The van der Waals surface area contributed by atoms with E-state index in [1.165, 1.54) is 12.1 Å². The second-order valence-electron chi connectivity index (χ2n) is 5.25. The van der Waals surface area contributed by atoms with Crippen molar-refractivity contribution < 1.29 is 9.18 Å². The summed E-state index contributed by atoms with van der Waals surface area (Å²) in [4.78, 5) is 15.1.